The Hall–Kier alpha value is -2.27. The van der Waals surface area contributed by atoms with Crippen molar-refractivity contribution in [2.75, 3.05) is 24.2 Å². The maximum absolute atomic E-state index is 12.9. The lowest BCUT2D eigenvalue weighted by Gasteiger charge is -2.27. The van der Waals surface area contributed by atoms with E-state index in [0.29, 0.717) is 16.8 Å². The molecule has 2 aromatic carbocycles. The normalized spacial score (nSPS) is 14.1. The molecule has 1 aliphatic heterocycles. The van der Waals surface area contributed by atoms with Crippen LogP contribution in [0.5, 0.6) is 0 Å². The fourth-order valence-electron chi connectivity index (χ4n) is 3.17. The molecule has 1 fully saturated rings. The van der Waals surface area contributed by atoms with Gasteiger partial charge < -0.3 is 10.2 Å². The number of carbonyl (C=O) groups excluding carboxylic acids is 2. The molecule has 0 spiro atoms. The highest BCUT2D eigenvalue weighted by atomic mass is 32.2. The van der Waals surface area contributed by atoms with Crippen molar-refractivity contribution in [1.29, 1.82) is 0 Å². The fraction of sp³-hybridized carbons (Fsp3) is 0.333. The molecule has 2 amide bonds. The first kappa shape index (κ1) is 18.5. The standard InChI is InChI=1S/C21H24N2O2S/c1-2-26-19-13-7-5-11-17(19)20(24)22-18-12-6-4-10-16(18)21(25)23-14-8-3-9-15-23/h4-7,10-13H,2-3,8-9,14-15H2,1H3,(H,22,24). The largest absolute Gasteiger partial charge is 0.339 e. The summed E-state index contributed by atoms with van der Waals surface area (Å²) in [4.78, 5) is 28.5. The highest BCUT2D eigenvalue weighted by Crippen LogP contribution is 2.25. The molecule has 1 saturated heterocycles. The summed E-state index contributed by atoms with van der Waals surface area (Å²) >= 11 is 1.64. The first-order valence-electron chi connectivity index (χ1n) is 9.12. The third-order valence-corrected chi connectivity index (χ3v) is 5.44. The average molecular weight is 369 g/mol. The van der Waals surface area contributed by atoms with Crippen LogP contribution in [0.4, 0.5) is 5.69 Å². The van der Waals surface area contributed by atoms with Crippen LogP contribution in [-0.2, 0) is 0 Å². The summed E-state index contributed by atoms with van der Waals surface area (Å²) < 4.78 is 0. The molecule has 0 aliphatic carbocycles. The van der Waals surface area contributed by atoms with Crippen LogP contribution >= 0.6 is 11.8 Å². The lowest BCUT2D eigenvalue weighted by atomic mass is 10.1. The third-order valence-electron chi connectivity index (χ3n) is 4.48. The molecule has 0 radical (unpaired) electrons. The van der Waals surface area contributed by atoms with Crippen molar-refractivity contribution in [3.63, 3.8) is 0 Å². The fourth-order valence-corrected chi connectivity index (χ4v) is 3.97. The van der Waals surface area contributed by atoms with Crippen LogP contribution in [0.25, 0.3) is 0 Å². The second kappa shape index (κ2) is 8.90. The number of thioether (sulfide) groups is 1. The van der Waals surface area contributed by atoms with E-state index < -0.39 is 0 Å². The number of nitrogens with zero attached hydrogens (tertiary/aromatic N) is 1. The van der Waals surface area contributed by atoms with Crippen molar-refractivity contribution in [3.05, 3.63) is 59.7 Å². The molecule has 1 N–H and O–H groups in total. The SMILES string of the molecule is CCSc1ccccc1C(=O)Nc1ccccc1C(=O)N1CCCCC1. The maximum Gasteiger partial charge on any atom is 0.256 e. The van der Waals surface area contributed by atoms with Crippen molar-refractivity contribution in [1.82, 2.24) is 4.90 Å². The molecule has 1 aliphatic rings. The van der Waals surface area contributed by atoms with Crippen LogP contribution in [0, 0.1) is 0 Å². The van der Waals surface area contributed by atoms with Crippen LogP contribution in [0.15, 0.2) is 53.4 Å². The minimum absolute atomic E-state index is 0.00295. The van der Waals surface area contributed by atoms with E-state index in [-0.39, 0.29) is 11.8 Å². The summed E-state index contributed by atoms with van der Waals surface area (Å²) in [7, 11) is 0. The van der Waals surface area contributed by atoms with Crippen molar-refractivity contribution >= 4 is 29.3 Å². The summed E-state index contributed by atoms with van der Waals surface area (Å²) in [5.41, 5.74) is 1.77. The molecular formula is C21H24N2O2S. The van der Waals surface area contributed by atoms with E-state index >= 15 is 0 Å². The van der Waals surface area contributed by atoms with Crippen LogP contribution in [0.2, 0.25) is 0 Å². The lowest BCUT2D eigenvalue weighted by Crippen LogP contribution is -2.36. The Morgan fingerprint density at radius 3 is 2.35 bits per heavy atom. The van der Waals surface area contributed by atoms with Gasteiger partial charge in [-0.25, -0.2) is 0 Å². The molecule has 0 aromatic heterocycles. The predicted octanol–water partition coefficient (Wildman–Crippen LogP) is 4.68. The molecule has 5 heteroatoms. The van der Waals surface area contributed by atoms with Gasteiger partial charge in [0.05, 0.1) is 16.8 Å². The Morgan fingerprint density at radius 2 is 1.62 bits per heavy atom. The van der Waals surface area contributed by atoms with Crippen LogP contribution < -0.4 is 5.32 Å². The van der Waals surface area contributed by atoms with Gasteiger partial charge in [-0.3, -0.25) is 9.59 Å². The highest BCUT2D eigenvalue weighted by molar-refractivity contribution is 7.99. The van der Waals surface area contributed by atoms with Crippen LogP contribution in [-0.4, -0.2) is 35.6 Å². The average Bonchev–Trinajstić information content (AvgIpc) is 2.69. The summed E-state index contributed by atoms with van der Waals surface area (Å²) in [6, 6.07) is 14.8. The van der Waals surface area contributed by atoms with Crippen molar-refractivity contribution in [2.45, 2.75) is 31.1 Å². The minimum Gasteiger partial charge on any atom is -0.339 e. The van der Waals surface area contributed by atoms with E-state index in [1.165, 1.54) is 6.42 Å². The number of amides is 2. The number of hydrogen-bond donors (Lipinski definition) is 1. The van der Waals surface area contributed by atoms with Crippen molar-refractivity contribution < 1.29 is 9.59 Å². The zero-order valence-electron chi connectivity index (χ0n) is 15.0. The van der Waals surface area contributed by atoms with Gasteiger partial charge in [0.25, 0.3) is 11.8 Å². The molecule has 0 unspecified atom stereocenters. The highest BCUT2D eigenvalue weighted by Gasteiger charge is 2.21. The second-order valence-electron chi connectivity index (χ2n) is 6.28. The number of benzene rings is 2. The Bertz CT molecular complexity index is 785. The summed E-state index contributed by atoms with van der Waals surface area (Å²) in [6.45, 7) is 3.64. The first-order valence-corrected chi connectivity index (χ1v) is 10.1. The van der Waals surface area contributed by atoms with E-state index in [4.69, 9.17) is 0 Å². The molecule has 0 bridgehead atoms. The lowest BCUT2D eigenvalue weighted by molar-refractivity contribution is 0.0725. The Morgan fingerprint density at radius 1 is 0.962 bits per heavy atom. The Balaban J connectivity index is 1.82. The molecule has 0 saturated carbocycles. The molecule has 0 atom stereocenters. The van der Waals surface area contributed by atoms with Gasteiger partial charge in [0.2, 0.25) is 0 Å². The topological polar surface area (TPSA) is 49.4 Å². The Kier molecular flexibility index (Phi) is 6.34. The molecule has 2 aromatic rings. The monoisotopic (exact) mass is 368 g/mol. The third kappa shape index (κ3) is 4.28. The van der Waals surface area contributed by atoms with Gasteiger partial charge in [0.1, 0.15) is 0 Å². The maximum atomic E-state index is 12.9. The predicted molar refractivity (Wildman–Crippen MR) is 107 cm³/mol. The molecule has 26 heavy (non-hydrogen) atoms. The number of nitrogens with one attached hydrogen (secondary N) is 1. The number of hydrogen-bond acceptors (Lipinski definition) is 3. The number of piperidine rings is 1. The van der Waals surface area contributed by atoms with E-state index in [9.17, 15) is 9.59 Å². The zero-order chi connectivity index (χ0) is 18.4. The smallest absolute Gasteiger partial charge is 0.256 e. The second-order valence-corrected chi connectivity index (χ2v) is 7.59. The van der Waals surface area contributed by atoms with E-state index in [1.807, 2.05) is 41.3 Å². The summed E-state index contributed by atoms with van der Waals surface area (Å²) in [6.07, 6.45) is 3.26. The molecule has 136 valence electrons. The molecule has 3 rings (SSSR count). The molecule has 4 nitrogen and oxygen atoms in total. The van der Waals surface area contributed by atoms with Crippen molar-refractivity contribution in [2.24, 2.45) is 0 Å². The first-order chi connectivity index (χ1) is 12.7. The quantitative estimate of drug-likeness (QED) is 0.780. The van der Waals surface area contributed by atoms with Gasteiger partial charge in [-0.1, -0.05) is 31.2 Å². The summed E-state index contributed by atoms with van der Waals surface area (Å²) in [5, 5.41) is 2.95. The number of likely N-dealkylation sites (tertiary alicyclic amines) is 1. The van der Waals surface area contributed by atoms with E-state index in [2.05, 4.69) is 12.2 Å². The molecular weight excluding hydrogens is 344 g/mol. The van der Waals surface area contributed by atoms with Crippen LogP contribution in [0.1, 0.15) is 46.9 Å². The van der Waals surface area contributed by atoms with Crippen molar-refractivity contribution in [3.8, 4) is 0 Å². The Labute approximate surface area is 159 Å². The number of rotatable bonds is 5. The van der Waals surface area contributed by atoms with Gasteiger partial charge in [-0.05, 0) is 49.3 Å². The van der Waals surface area contributed by atoms with Gasteiger partial charge in [0, 0.05) is 18.0 Å². The number of para-hydroxylation sites is 1. The van der Waals surface area contributed by atoms with Gasteiger partial charge >= 0.3 is 0 Å². The van der Waals surface area contributed by atoms with Gasteiger partial charge in [-0.2, -0.15) is 0 Å². The zero-order valence-corrected chi connectivity index (χ0v) is 15.8. The summed E-state index contributed by atoms with van der Waals surface area (Å²) in [5.74, 6) is 0.714. The van der Waals surface area contributed by atoms with Gasteiger partial charge in [0.15, 0.2) is 0 Å². The van der Waals surface area contributed by atoms with E-state index in [0.717, 1.165) is 36.6 Å². The minimum atomic E-state index is -0.180. The number of anilines is 1. The van der Waals surface area contributed by atoms with E-state index in [1.54, 1.807) is 23.9 Å². The molecule has 1 heterocycles. The van der Waals surface area contributed by atoms with Crippen LogP contribution in [0.3, 0.4) is 0 Å². The van der Waals surface area contributed by atoms with Gasteiger partial charge in [-0.15, -0.1) is 11.8 Å². The number of carbonyl (C=O) groups is 2.